The minimum Gasteiger partial charge on any atom is -0.317 e. The van der Waals surface area contributed by atoms with Crippen molar-refractivity contribution >= 4 is 21.8 Å². The Kier molecular flexibility index (Phi) is 5.70. The molecule has 0 spiro atoms. The first-order valence-corrected chi connectivity index (χ1v) is 10.0. The second-order valence-corrected chi connectivity index (χ2v) is 8.40. The number of thioether (sulfide) groups is 1. The van der Waals surface area contributed by atoms with Crippen molar-refractivity contribution < 1.29 is 8.42 Å². The number of nitrogens with one attached hydrogen (secondary N) is 2. The van der Waals surface area contributed by atoms with Crippen LogP contribution >= 0.6 is 11.8 Å². The molecule has 120 valence electrons. The lowest BCUT2D eigenvalue weighted by Gasteiger charge is -2.12. The third kappa shape index (κ3) is 4.70. The topological polar surface area (TPSA) is 76.0 Å². The highest BCUT2D eigenvalue weighted by molar-refractivity contribution is 8.00. The molecule has 1 aromatic heterocycles. The van der Waals surface area contributed by atoms with Crippen LogP contribution in [0.1, 0.15) is 26.2 Å². The average molecular weight is 332 g/mol. The van der Waals surface area contributed by atoms with Crippen LogP contribution in [-0.2, 0) is 16.6 Å². The normalized spacial score (nSPS) is 17.0. The van der Waals surface area contributed by atoms with Gasteiger partial charge in [0.05, 0.1) is 6.20 Å². The zero-order chi connectivity index (χ0) is 15.3. The third-order valence-electron chi connectivity index (χ3n) is 3.74. The molecule has 8 heteroatoms. The van der Waals surface area contributed by atoms with E-state index in [9.17, 15) is 8.42 Å². The predicted molar refractivity (Wildman–Crippen MR) is 86.1 cm³/mol. The van der Waals surface area contributed by atoms with Crippen LogP contribution in [0.25, 0.3) is 0 Å². The Morgan fingerprint density at radius 3 is 2.86 bits per heavy atom. The van der Waals surface area contributed by atoms with Crippen LogP contribution in [0.3, 0.4) is 0 Å². The summed E-state index contributed by atoms with van der Waals surface area (Å²) in [4.78, 5) is 0.253. The summed E-state index contributed by atoms with van der Waals surface area (Å²) in [5, 5.41) is 7.36. The molecule has 6 nitrogen and oxygen atoms in total. The molecule has 0 aromatic carbocycles. The Hall–Kier alpha value is -0.570. The number of nitrogens with zero attached hydrogens (tertiary/aromatic N) is 2. The molecule has 1 aliphatic rings. The number of hydrogen-bond donors (Lipinski definition) is 2. The molecule has 2 N–H and O–H groups in total. The summed E-state index contributed by atoms with van der Waals surface area (Å²) in [6.45, 7) is 5.14. The first-order valence-electron chi connectivity index (χ1n) is 7.29. The van der Waals surface area contributed by atoms with Gasteiger partial charge in [-0.15, -0.1) is 0 Å². The minimum atomic E-state index is -3.44. The van der Waals surface area contributed by atoms with Gasteiger partial charge in [-0.3, -0.25) is 4.68 Å². The van der Waals surface area contributed by atoms with E-state index in [1.165, 1.54) is 6.20 Å². The Bertz CT molecular complexity index is 552. The SMILES string of the molecule is CCNCCCn1cc(S(=O)(=O)NCC2(SC)CC2)cn1. The van der Waals surface area contributed by atoms with E-state index in [1.807, 2.05) is 6.26 Å². The summed E-state index contributed by atoms with van der Waals surface area (Å²) in [7, 11) is -3.44. The summed E-state index contributed by atoms with van der Waals surface area (Å²) in [5.74, 6) is 0. The molecular weight excluding hydrogens is 308 g/mol. The number of aromatic nitrogens is 2. The minimum absolute atomic E-state index is 0.120. The van der Waals surface area contributed by atoms with E-state index < -0.39 is 10.0 Å². The molecular formula is C13H24N4O2S2. The average Bonchev–Trinajstić information content (AvgIpc) is 3.10. The van der Waals surface area contributed by atoms with Crippen LogP contribution < -0.4 is 10.0 Å². The molecule has 1 heterocycles. The van der Waals surface area contributed by atoms with Gasteiger partial charge >= 0.3 is 0 Å². The van der Waals surface area contributed by atoms with E-state index >= 15 is 0 Å². The molecule has 0 radical (unpaired) electrons. The molecule has 2 rings (SSSR count). The molecule has 21 heavy (non-hydrogen) atoms. The van der Waals surface area contributed by atoms with Crippen molar-refractivity contribution in [1.29, 1.82) is 0 Å². The predicted octanol–water partition coefficient (Wildman–Crippen LogP) is 1.06. The maximum Gasteiger partial charge on any atom is 0.243 e. The second-order valence-electron chi connectivity index (χ2n) is 5.36. The zero-order valence-corrected chi connectivity index (χ0v) is 14.3. The van der Waals surface area contributed by atoms with Crippen molar-refractivity contribution in [3.8, 4) is 0 Å². The van der Waals surface area contributed by atoms with Crippen molar-refractivity contribution in [2.45, 2.75) is 42.4 Å². The lowest BCUT2D eigenvalue weighted by Crippen LogP contribution is -2.31. The molecule has 1 fully saturated rings. The number of sulfonamides is 1. The van der Waals surface area contributed by atoms with Crippen LogP contribution in [0.4, 0.5) is 0 Å². The van der Waals surface area contributed by atoms with Crippen LogP contribution in [0.15, 0.2) is 17.3 Å². The van der Waals surface area contributed by atoms with Crippen molar-refractivity contribution in [2.24, 2.45) is 0 Å². The van der Waals surface area contributed by atoms with Gasteiger partial charge in [-0.25, -0.2) is 13.1 Å². The molecule has 0 amide bonds. The van der Waals surface area contributed by atoms with E-state index in [2.05, 4.69) is 22.1 Å². The Morgan fingerprint density at radius 1 is 1.48 bits per heavy atom. The van der Waals surface area contributed by atoms with E-state index in [4.69, 9.17) is 0 Å². The lowest BCUT2D eigenvalue weighted by molar-refractivity contribution is 0.549. The van der Waals surface area contributed by atoms with Gasteiger partial charge in [-0.05, 0) is 38.6 Å². The number of rotatable bonds is 10. The van der Waals surface area contributed by atoms with Crippen molar-refractivity contribution in [3.05, 3.63) is 12.4 Å². The Morgan fingerprint density at radius 2 is 2.24 bits per heavy atom. The number of hydrogen-bond acceptors (Lipinski definition) is 5. The van der Waals surface area contributed by atoms with Crippen molar-refractivity contribution in [2.75, 3.05) is 25.9 Å². The molecule has 0 bridgehead atoms. The van der Waals surface area contributed by atoms with Gasteiger partial charge in [-0.1, -0.05) is 6.92 Å². The molecule has 0 saturated heterocycles. The number of aryl methyl sites for hydroxylation is 1. The fraction of sp³-hybridized carbons (Fsp3) is 0.769. The fourth-order valence-electron chi connectivity index (χ4n) is 2.05. The van der Waals surface area contributed by atoms with E-state index in [0.717, 1.165) is 38.9 Å². The zero-order valence-electron chi connectivity index (χ0n) is 12.6. The van der Waals surface area contributed by atoms with Crippen LogP contribution in [-0.4, -0.2) is 48.8 Å². The summed E-state index contributed by atoms with van der Waals surface area (Å²) in [6, 6.07) is 0. The van der Waals surface area contributed by atoms with Gasteiger partial charge in [0.25, 0.3) is 0 Å². The summed E-state index contributed by atoms with van der Waals surface area (Å²) < 4.78 is 29.0. The van der Waals surface area contributed by atoms with Crippen LogP contribution in [0.2, 0.25) is 0 Å². The monoisotopic (exact) mass is 332 g/mol. The second kappa shape index (κ2) is 7.13. The molecule has 1 aromatic rings. The van der Waals surface area contributed by atoms with Crippen molar-refractivity contribution in [3.63, 3.8) is 0 Å². The lowest BCUT2D eigenvalue weighted by atomic mass is 10.4. The molecule has 1 saturated carbocycles. The highest BCUT2D eigenvalue weighted by Gasteiger charge is 2.42. The van der Waals surface area contributed by atoms with E-state index in [-0.39, 0.29) is 9.64 Å². The van der Waals surface area contributed by atoms with Gasteiger partial charge in [0.2, 0.25) is 10.0 Å². The van der Waals surface area contributed by atoms with Gasteiger partial charge < -0.3 is 5.32 Å². The largest absolute Gasteiger partial charge is 0.317 e. The maximum atomic E-state index is 12.2. The van der Waals surface area contributed by atoms with Crippen molar-refractivity contribution in [1.82, 2.24) is 19.8 Å². The van der Waals surface area contributed by atoms with Gasteiger partial charge in [0.1, 0.15) is 4.90 Å². The molecule has 0 unspecified atom stereocenters. The Balaban J connectivity index is 1.86. The maximum absolute atomic E-state index is 12.2. The Labute approximate surface area is 131 Å². The quantitative estimate of drug-likeness (QED) is 0.627. The first-order chi connectivity index (χ1) is 10.0. The van der Waals surface area contributed by atoms with Gasteiger partial charge in [0, 0.05) is 24.0 Å². The van der Waals surface area contributed by atoms with Crippen LogP contribution in [0.5, 0.6) is 0 Å². The summed E-state index contributed by atoms with van der Waals surface area (Å²) >= 11 is 1.74. The highest BCUT2D eigenvalue weighted by Crippen LogP contribution is 2.46. The highest BCUT2D eigenvalue weighted by atomic mass is 32.2. The third-order valence-corrected chi connectivity index (χ3v) is 6.51. The first kappa shape index (κ1) is 16.8. The van der Waals surface area contributed by atoms with Gasteiger partial charge in [0.15, 0.2) is 0 Å². The molecule has 0 aliphatic heterocycles. The van der Waals surface area contributed by atoms with Crippen LogP contribution in [0, 0.1) is 0 Å². The van der Waals surface area contributed by atoms with E-state index in [1.54, 1.807) is 22.6 Å². The molecule has 0 atom stereocenters. The summed E-state index contributed by atoms with van der Waals surface area (Å²) in [6.07, 6.45) is 8.16. The smallest absolute Gasteiger partial charge is 0.243 e. The standard InChI is InChI=1S/C13H24N4O2S2/c1-3-14-7-4-8-17-10-12(9-15-17)21(18,19)16-11-13(20-2)5-6-13/h9-10,14,16H,3-8,11H2,1-2H3. The van der Waals surface area contributed by atoms with Gasteiger partial charge in [-0.2, -0.15) is 16.9 Å². The molecule has 1 aliphatic carbocycles. The fourth-order valence-corrected chi connectivity index (χ4v) is 3.95. The summed E-state index contributed by atoms with van der Waals surface area (Å²) in [5.41, 5.74) is 0. The van der Waals surface area contributed by atoms with E-state index in [0.29, 0.717) is 6.54 Å².